The number of piperazine rings is 1. The maximum absolute atomic E-state index is 12.2. The molecule has 2 fully saturated rings. The fraction of sp³-hybridized carbons (Fsp3) is 0.688. The van der Waals surface area contributed by atoms with Gasteiger partial charge in [0.25, 0.3) is 0 Å². The van der Waals surface area contributed by atoms with Gasteiger partial charge in [-0.2, -0.15) is 0 Å². The van der Waals surface area contributed by atoms with E-state index < -0.39 is 9.84 Å². The monoisotopic (exact) mass is 355 g/mol. The molecule has 0 spiro atoms. The molecule has 0 amide bonds. The van der Waals surface area contributed by atoms with E-state index in [4.69, 9.17) is 9.47 Å². The van der Waals surface area contributed by atoms with Gasteiger partial charge >= 0.3 is 0 Å². The molecule has 2 aliphatic heterocycles. The van der Waals surface area contributed by atoms with Gasteiger partial charge in [-0.05, 0) is 6.54 Å². The zero-order valence-corrected chi connectivity index (χ0v) is 15.3. The van der Waals surface area contributed by atoms with Gasteiger partial charge in [-0.15, -0.1) is 0 Å². The van der Waals surface area contributed by atoms with E-state index in [1.54, 1.807) is 26.5 Å². The number of pyridine rings is 1. The van der Waals surface area contributed by atoms with E-state index >= 15 is 0 Å². The van der Waals surface area contributed by atoms with Gasteiger partial charge in [0, 0.05) is 44.0 Å². The number of methoxy groups -OCH3 is 2. The second-order valence-corrected chi connectivity index (χ2v) is 8.46. The van der Waals surface area contributed by atoms with Crippen LogP contribution in [0.5, 0.6) is 11.5 Å². The van der Waals surface area contributed by atoms with Crippen molar-refractivity contribution in [3.63, 3.8) is 0 Å². The zero-order chi connectivity index (χ0) is 17.3. The van der Waals surface area contributed by atoms with E-state index in [-0.39, 0.29) is 23.6 Å². The molecule has 134 valence electrons. The third kappa shape index (κ3) is 3.22. The largest absolute Gasteiger partial charge is 0.493 e. The molecule has 0 unspecified atom stereocenters. The van der Waals surface area contributed by atoms with Crippen LogP contribution in [0.2, 0.25) is 0 Å². The molecule has 0 saturated carbocycles. The van der Waals surface area contributed by atoms with Crippen molar-refractivity contribution in [2.45, 2.75) is 25.6 Å². The molecule has 7 nitrogen and oxygen atoms in total. The first kappa shape index (κ1) is 17.4. The Hall–Kier alpha value is -1.38. The number of sulfone groups is 1. The maximum atomic E-state index is 12.2. The molecule has 0 N–H and O–H groups in total. The minimum absolute atomic E-state index is 0.0152. The summed E-state index contributed by atoms with van der Waals surface area (Å²) in [5.74, 6) is 1.74. The van der Waals surface area contributed by atoms with Crippen molar-refractivity contribution in [3.8, 4) is 11.5 Å². The lowest BCUT2D eigenvalue weighted by atomic mass is 10.0. The lowest BCUT2D eigenvalue weighted by Gasteiger charge is -2.43. The van der Waals surface area contributed by atoms with E-state index in [0.717, 1.165) is 25.3 Å². The van der Waals surface area contributed by atoms with Gasteiger partial charge in [-0.25, -0.2) is 8.42 Å². The Morgan fingerprint density at radius 3 is 2.46 bits per heavy atom. The summed E-state index contributed by atoms with van der Waals surface area (Å²) >= 11 is 0. The fourth-order valence-electron chi connectivity index (χ4n) is 3.84. The third-order valence-corrected chi connectivity index (χ3v) is 6.73. The minimum atomic E-state index is -2.99. The summed E-state index contributed by atoms with van der Waals surface area (Å²) < 4.78 is 35.1. The number of nitrogens with zero attached hydrogens (tertiary/aromatic N) is 3. The lowest BCUT2D eigenvalue weighted by molar-refractivity contribution is 0.0426. The molecule has 0 radical (unpaired) electrons. The van der Waals surface area contributed by atoms with Crippen molar-refractivity contribution in [2.24, 2.45) is 0 Å². The summed E-state index contributed by atoms with van der Waals surface area (Å²) in [7, 11) is 0.211. The molecule has 2 saturated heterocycles. The Morgan fingerprint density at radius 2 is 1.83 bits per heavy atom. The Labute approximate surface area is 143 Å². The van der Waals surface area contributed by atoms with Crippen LogP contribution in [0.1, 0.15) is 12.6 Å². The van der Waals surface area contributed by atoms with E-state index in [0.29, 0.717) is 18.0 Å². The first-order valence-corrected chi connectivity index (χ1v) is 10.1. The fourth-order valence-corrected chi connectivity index (χ4v) is 5.88. The summed E-state index contributed by atoms with van der Waals surface area (Å²) in [6.45, 7) is 5.23. The maximum Gasteiger partial charge on any atom is 0.183 e. The van der Waals surface area contributed by atoms with Crippen LogP contribution in [0.15, 0.2) is 12.3 Å². The Kier molecular flexibility index (Phi) is 4.98. The quantitative estimate of drug-likeness (QED) is 0.757. The Balaban J connectivity index is 1.86. The van der Waals surface area contributed by atoms with Crippen molar-refractivity contribution < 1.29 is 17.9 Å². The van der Waals surface area contributed by atoms with E-state index in [1.807, 2.05) is 0 Å². The Bertz CT molecular complexity index is 695. The van der Waals surface area contributed by atoms with Crippen LogP contribution in [0.4, 0.5) is 0 Å². The number of rotatable bonds is 5. The van der Waals surface area contributed by atoms with E-state index in [1.165, 1.54) is 0 Å². The average Bonchev–Trinajstić information content (AvgIpc) is 2.90. The molecule has 2 atom stereocenters. The highest BCUT2D eigenvalue weighted by molar-refractivity contribution is 7.91. The molecule has 1 aromatic rings. The van der Waals surface area contributed by atoms with Crippen LogP contribution < -0.4 is 9.47 Å². The lowest BCUT2D eigenvalue weighted by Crippen LogP contribution is -2.58. The molecule has 8 heteroatoms. The van der Waals surface area contributed by atoms with Crippen molar-refractivity contribution in [1.29, 1.82) is 0 Å². The van der Waals surface area contributed by atoms with Gasteiger partial charge < -0.3 is 9.47 Å². The number of aromatic nitrogens is 1. The van der Waals surface area contributed by atoms with Crippen molar-refractivity contribution in [1.82, 2.24) is 14.8 Å². The van der Waals surface area contributed by atoms with Crippen LogP contribution in [-0.4, -0.2) is 80.6 Å². The molecule has 0 bridgehead atoms. The normalized spacial score (nSPS) is 27.0. The zero-order valence-electron chi connectivity index (χ0n) is 14.4. The summed E-state index contributed by atoms with van der Waals surface area (Å²) in [4.78, 5) is 8.94. The second-order valence-electron chi connectivity index (χ2n) is 6.30. The molecule has 3 heterocycles. The first-order chi connectivity index (χ1) is 11.5. The van der Waals surface area contributed by atoms with Gasteiger partial charge in [0.05, 0.1) is 25.7 Å². The predicted molar refractivity (Wildman–Crippen MR) is 91.2 cm³/mol. The molecule has 24 heavy (non-hydrogen) atoms. The number of likely N-dealkylation sites (N-methyl/N-ethyl adjacent to an activating group) is 1. The summed E-state index contributed by atoms with van der Waals surface area (Å²) in [6.07, 6.45) is 1.70. The van der Waals surface area contributed by atoms with Gasteiger partial charge in [-0.1, -0.05) is 6.92 Å². The number of fused-ring (bicyclic) bond motifs is 1. The van der Waals surface area contributed by atoms with Crippen LogP contribution in [0, 0.1) is 0 Å². The SMILES string of the molecule is CCN1CCN(Cc2nccc(OC)c2OC)[C@@H]2CS(=O)(=O)C[C@@H]21. The van der Waals surface area contributed by atoms with E-state index in [2.05, 4.69) is 21.7 Å². The second kappa shape index (κ2) is 6.85. The van der Waals surface area contributed by atoms with Crippen molar-refractivity contribution >= 4 is 9.84 Å². The highest BCUT2D eigenvalue weighted by Crippen LogP contribution is 2.33. The predicted octanol–water partition coefficient (Wildman–Crippen LogP) is 0.402. The van der Waals surface area contributed by atoms with Crippen LogP contribution in [0.3, 0.4) is 0 Å². The van der Waals surface area contributed by atoms with Gasteiger partial charge in [-0.3, -0.25) is 14.8 Å². The average molecular weight is 355 g/mol. The highest BCUT2D eigenvalue weighted by Gasteiger charge is 2.46. The van der Waals surface area contributed by atoms with Gasteiger partial charge in [0.1, 0.15) is 5.69 Å². The molecule has 0 aromatic carbocycles. The molecular weight excluding hydrogens is 330 g/mol. The van der Waals surface area contributed by atoms with Crippen LogP contribution in [0.25, 0.3) is 0 Å². The van der Waals surface area contributed by atoms with Crippen LogP contribution >= 0.6 is 0 Å². The summed E-state index contributed by atoms with van der Waals surface area (Å²) in [6, 6.07) is 1.85. The highest BCUT2D eigenvalue weighted by atomic mass is 32.2. The molecule has 3 rings (SSSR count). The smallest absolute Gasteiger partial charge is 0.183 e. The molecule has 0 aliphatic carbocycles. The number of hydrogen-bond donors (Lipinski definition) is 0. The first-order valence-electron chi connectivity index (χ1n) is 8.23. The van der Waals surface area contributed by atoms with E-state index in [9.17, 15) is 8.42 Å². The van der Waals surface area contributed by atoms with Crippen LogP contribution in [-0.2, 0) is 16.4 Å². The molecular formula is C16H25N3O4S. The topological polar surface area (TPSA) is 72.0 Å². The van der Waals surface area contributed by atoms with Gasteiger partial charge in [0.2, 0.25) is 0 Å². The Morgan fingerprint density at radius 1 is 1.17 bits per heavy atom. The van der Waals surface area contributed by atoms with Crippen molar-refractivity contribution in [2.75, 3.05) is 45.4 Å². The third-order valence-electron chi connectivity index (χ3n) is 5.03. The number of hydrogen-bond acceptors (Lipinski definition) is 7. The van der Waals surface area contributed by atoms with Crippen molar-refractivity contribution in [3.05, 3.63) is 18.0 Å². The summed E-state index contributed by atoms with van der Waals surface area (Å²) in [5, 5.41) is 0. The number of ether oxygens (including phenoxy) is 2. The molecule has 1 aromatic heterocycles. The summed E-state index contributed by atoms with van der Waals surface area (Å²) in [5.41, 5.74) is 0.782. The standard InChI is InChI=1S/C16H25N3O4S/c1-4-18-7-8-19(14-11-24(20,21)10-13(14)18)9-12-16(23-3)15(22-2)5-6-17-12/h5-6,13-14H,4,7-11H2,1-3H3/t13-,14+/m0/s1. The molecule has 2 aliphatic rings. The van der Waals surface area contributed by atoms with Gasteiger partial charge in [0.15, 0.2) is 21.3 Å². The minimum Gasteiger partial charge on any atom is -0.493 e.